The first kappa shape index (κ1) is 29.6. The van der Waals surface area contributed by atoms with Crippen LogP contribution in [0.1, 0.15) is 38.1 Å². The average molecular weight is 544 g/mol. The first-order valence-electron chi connectivity index (χ1n) is 11.6. The third-order valence-corrected chi connectivity index (χ3v) is 7.09. The van der Waals surface area contributed by atoms with E-state index in [0.717, 1.165) is 60.3 Å². The maximum absolute atomic E-state index is 12.6. The van der Waals surface area contributed by atoms with Gasteiger partial charge in [-0.05, 0) is 48.7 Å². The number of fused-ring (bicyclic) bond motifs is 1. The van der Waals surface area contributed by atoms with Crippen molar-refractivity contribution in [2.45, 2.75) is 37.5 Å². The largest absolute Gasteiger partial charge is 0.497 e. The zero-order valence-electron chi connectivity index (χ0n) is 21.1. The molecule has 1 heterocycles. The number of nitrogens with zero attached hydrogens (tertiary/aromatic N) is 2. The molecule has 1 atom stereocenters. The number of thioether (sulfide) groups is 1. The Morgan fingerprint density at radius 1 is 1.14 bits per heavy atom. The molecule has 35 heavy (non-hydrogen) atoms. The Hall–Kier alpha value is -1.64. The van der Waals surface area contributed by atoms with Gasteiger partial charge in [-0.25, -0.2) is 0 Å². The summed E-state index contributed by atoms with van der Waals surface area (Å²) in [5, 5.41) is 0.396. The summed E-state index contributed by atoms with van der Waals surface area (Å²) in [7, 11) is 3.38. The molecular weight excluding hydrogens is 507 g/mol. The summed E-state index contributed by atoms with van der Waals surface area (Å²) in [6.07, 6.45) is 0.895. The number of methoxy groups -OCH3 is 2. The lowest BCUT2D eigenvalue weighted by Crippen LogP contribution is -2.32. The van der Waals surface area contributed by atoms with Crippen molar-refractivity contribution < 1.29 is 19.0 Å². The number of anilines is 1. The highest BCUT2D eigenvalue weighted by molar-refractivity contribution is 8.00. The summed E-state index contributed by atoms with van der Waals surface area (Å²) in [5.74, 6) is 2.05. The van der Waals surface area contributed by atoms with E-state index >= 15 is 0 Å². The summed E-state index contributed by atoms with van der Waals surface area (Å²) in [4.78, 5) is 17.8. The molecule has 0 bridgehead atoms. The standard InChI is InChI=1S/C26H35ClN2O4S.ClH/c1-18(2)17-28(12-14-31-4)11-6-13-33-24-10-8-21(32-5)16-22(24)26-29(19(3)30)23-9-7-20(27)15-25(23)34-26;/h7-10,15-16,18,26H,6,11-14,17H2,1-5H3;1H. The molecule has 0 fully saturated rings. The van der Waals surface area contributed by atoms with Crippen LogP contribution in [0.3, 0.4) is 0 Å². The van der Waals surface area contributed by atoms with Gasteiger partial charge in [-0.15, -0.1) is 12.4 Å². The van der Waals surface area contributed by atoms with E-state index in [1.165, 1.54) is 0 Å². The van der Waals surface area contributed by atoms with E-state index in [4.69, 9.17) is 25.8 Å². The predicted octanol–water partition coefficient (Wildman–Crippen LogP) is 6.30. The second kappa shape index (κ2) is 14.2. The highest BCUT2D eigenvalue weighted by Gasteiger charge is 2.36. The summed E-state index contributed by atoms with van der Waals surface area (Å²) >= 11 is 7.82. The van der Waals surface area contributed by atoms with Crippen molar-refractivity contribution in [1.29, 1.82) is 0 Å². The van der Waals surface area contributed by atoms with Gasteiger partial charge in [0.15, 0.2) is 0 Å². The van der Waals surface area contributed by atoms with Crippen LogP contribution in [0.25, 0.3) is 0 Å². The lowest BCUT2D eigenvalue weighted by molar-refractivity contribution is -0.116. The van der Waals surface area contributed by atoms with Crippen molar-refractivity contribution in [2.75, 3.05) is 52.0 Å². The van der Waals surface area contributed by atoms with Gasteiger partial charge >= 0.3 is 0 Å². The number of carbonyl (C=O) groups is 1. The molecule has 1 aliphatic rings. The van der Waals surface area contributed by atoms with Gasteiger partial charge in [0.1, 0.15) is 16.9 Å². The van der Waals surface area contributed by atoms with Gasteiger partial charge in [0.2, 0.25) is 5.91 Å². The number of halogens is 2. The van der Waals surface area contributed by atoms with Crippen LogP contribution < -0.4 is 14.4 Å². The lowest BCUT2D eigenvalue weighted by Gasteiger charge is -2.26. The molecular formula is C26H36Cl2N2O4S. The molecule has 3 rings (SSSR count). The van der Waals surface area contributed by atoms with Crippen molar-refractivity contribution in [1.82, 2.24) is 4.90 Å². The fraction of sp³-hybridized carbons (Fsp3) is 0.500. The molecule has 0 spiro atoms. The van der Waals surface area contributed by atoms with Gasteiger partial charge in [0, 0.05) is 49.1 Å². The number of carbonyl (C=O) groups excluding carboxylic acids is 1. The molecule has 9 heteroatoms. The molecule has 1 aliphatic heterocycles. The molecule has 1 amide bonds. The SMILES string of the molecule is COCCN(CCCOc1ccc(OC)cc1C1Sc2cc(Cl)ccc2N1C(C)=O)CC(C)C.Cl. The molecule has 0 saturated carbocycles. The third kappa shape index (κ3) is 7.92. The smallest absolute Gasteiger partial charge is 0.225 e. The Labute approximate surface area is 224 Å². The Balaban J connectivity index is 0.00000432. The molecule has 0 aliphatic carbocycles. The molecule has 0 aromatic heterocycles. The van der Waals surface area contributed by atoms with Gasteiger partial charge in [0.25, 0.3) is 0 Å². The van der Waals surface area contributed by atoms with Crippen LogP contribution >= 0.6 is 35.8 Å². The third-order valence-electron chi connectivity index (χ3n) is 5.59. The van der Waals surface area contributed by atoms with Gasteiger partial charge in [-0.2, -0.15) is 0 Å². The van der Waals surface area contributed by atoms with Crippen molar-refractivity contribution in [2.24, 2.45) is 5.92 Å². The van der Waals surface area contributed by atoms with Crippen molar-refractivity contribution in [3.8, 4) is 11.5 Å². The van der Waals surface area contributed by atoms with Gasteiger partial charge in [-0.1, -0.05) is 37.2 Å². The van der Waals surface area contributed by atoms with Crippen LogP contribution in [-0.4, -0.2) is 57.9 Å². The van der Waals surface area contributed by atoms with E-state index in [1.54, 1.807) is 37.8 Å². The maximum Gasteiger partial charge on any atom is 0.225 e. The zero-order chi connectivity index (χ0) is 24.7. The number of ether oxygens (including phenoxy) is 3. The highest BCUT2D eigenvalue weighted by atomic mass is 35.5. The van der Waals surface area contributed by atoms with E-state index in [-0.39, 0.29) is 23.7 Å². The lowest BCUT2D eigenvalue weighted by atomic mass is 10.1. The number of hydrogen-bond donors (Lipinski definition) is 0. The van der Waals surface area contributed by atoms with Crippen molar-refractivity contribution >= 4 is 47.4 Å². The number of hydrogen-bond acceptors (Lipinski definition) is 6. The van der Waals surface area contributed by atoms with Gasteiger partial charge in [0.05, 0.1) is 26.0 Å². The number of benzene rings is 2. The number of rotatable bonds is 12. The minimum atomic E-state index is -0.254. The van der Waals surface area contributed by atoms with E-state index < -0.39 is 0 Å². The molecule has 2 aromatic carbocycles. The molecule has 194 valence electrons. The molecule has 0 N–H and O–H groups in total. The fourth-order valence-corrected chi connectivity index (χ4v) is 5.74. The minimum absolute atomic E-state index is 0. The predicted molar refractivity (Wildman–Crippen MR) is 147 cm³/mol. The van der Waals surface area contributed by atoms with Crippen LogP contribution in [0.5, 0.6) is 11.5 Å². The first-order chi connectivity index (χ1) is 16.3. The average Bonchev–Trinajstić information content (AvgIpc) is 3.18. The fourth-order valence-electron chi connectivity index (χ4n) is 4.10. The summed E-state index contributed by atoms with van der Waals surface area (Å²) in [5.41, 5.74) is 1.77. The Morgan fingerprint density at radius 2 is 1.91 bits per heavy atom. The van der Waals surface area contributed by atoms with E-state index in [9.17, 15) is 4.79 Å². The molecule has 6 nitrogen and oxygen atoms in total. The van der Waals surface area contributed by atoms with E-state index in [1.807, 2.05) is 36.4 Å². The van der Waals surface area contributed by atoms with Crippen LogP contribution in [0.2, 0.25) is 5.02 Å². The second-order valence-electron chi connectivity index (χ2n) is 8.76. The Kier molecular flexibility index (Phi) is 12.0. The second-order valence-corrected chi connectivity index (χ2v) is 10.3. The highest BCUT2D eigenvalue weighted by Crippen LogP contribution is 2.54. The zero-order valence-corrected chi connectivity index (χ0v) is 23.5. The van der Waals surface area contributed by atoms with Crippen LogP contribution in [0.15, 0.2) is 41.3 Å². The minimum Gasteiger partial charge on any atom is -0.497 e. The van der Waals surface area contributed by atoms with Gasteiger partial charge < -0.3 is 19.1 Å². The van der Waals surface area contributed by atoms with Crippen LogP contribution in [0, 0.1) is 5.92 Å². The first-order valence-corrected chi connectivity index (χ1v) is 12.9. The van der Waals surface area contributed by atoms with Crippen molar-refractivity contribution in [3.63, 3.8) is 0 Å². The van der Waals surface area contributed by atoms with Gasteiger partial charge in [-0.3, -0.25) is 9.69 Å². The van der Waals surface area contributed by atoms with Crippen molar-refractivity contribution in [3.05, 3.63) is 47.0 Å². The molecule has 2 aromatic rings. The van der Waals surface area contributed by atoms with Crippen LogP contribution in [0.4, 0.5) is 5.69 Å². The normalized spacial score (nSPS) is 14.7. The Bertz CT molecular complexity index is 976. The quantitative estimate of drug-likeness (QED) is 0.293. The monoisotopic (exact) mass is 542 g/mol. The topological polar surface area (TPSA) is 51.2 Å². The van der Waals surface area contributed by atoms with E-state index in [0.29, 0.717) is 17.5 Å². The maximum atomic E-state index is 12.6. The Morgan fingerprint density at radius 3 is 2.57 bits per heavy atom. The van der Waals surface area contributed by atoms with E-state index in [2.05, 4.69) is 18.7 Å². The summed E-state index contributed by atoms with van der Waals surface area (Å²) in [6, 6.07) is 11.4. The number of amides is 1. The molecule has 0 saturated heterocycles. The van der Waals surface area contributed by atoms with Crippen LogP contribution in [-0.2, 0) is 9.53 Å². The summed E-state index contributed by atoms with van der Waals surface area (Å²) < 4.78 is 17.0. The summed E-state index contributed by atoms with van der Waals surface area (Å²) in [6.45, 7) is 10.2. The molecule has 1 unspecified atom stereocenters. The molecule has 0 radical (unpaired) electrons.